The van der Waals surface area contributed by atoms with E-state index in [1.54, 1.807) is 0 Å². The lowest BCUT2D eigenvalue weighted by Gasteiger charge is -2.22. The van der Waals surface area contributed by atoms with Gasteiger partial charge in [0.15, 0.2) is 0 Å². The minimum Gasteiger partial charge on any atom is -0.379 e. The van der Waals surface area contributed by atoms with E-state index >= 15 is 0 Å². The van der Waals surface area contributed by atoms with Gasteiger partial charge in [-0.15, -0.1) is 6.58 Å². The molecule has 0 unspecified atom stereocenters. The van der Waals surface area contributed by atoms with Crippen LogP contribution in [0.1, 0.15) is 38.5 Å². The van der Waals surface area contributed by atoms with E-state index in [-0.39, 0.29) is 6.03 Å². The van der Waals surface area contributed by atoms with Gasteiger partial charge in [-0.1, -0.05) is 25.3 Å². The Labute approximate surface area is 104 Å². The molecule has 0 bridgehead atoms. The topological polar surface area (TPSA) is 50.4 Å². The molecule has 2 amide bonds. The van der Waals surface area contributed by atoms with Crippen LogP contribution in [-0.4, -0.2) is 31.8 Å². The van der Waals surface area contributed by atoms with Crippen molar-refractivity contribution in [2.75, 3.05) is 19.8 Å². The van der Waals surface area contributed by atoms with Crippen molar-refractivity contribution >= 4 is 6.03 Å². The van der Waals surface area contributed by atoms with Crippen LogP contribution in [-0.2, 0) is 4.74 Å². The molecule has 1 aliphatic rings. The maximum atomic E-state index is 11.5. The van der Waals surface area contributed by atoms with Gasteiger partial charge in [-0.3, -0.25) is 0 Å². The standard InChI is InChI=1S/C13H24N2O2/c1-2-3-10-17-11-9-14-13(16)15-12-7-5-4-6-8-12/h2,12H,1,3-11H2,(H2,14,15,16). The van der Waals surface area contributed by atoms with Crippen LogP contribution in [0.15, 0.2) is 12.7 Å². The van der Waals surface area contributed by atoms with Gasteiger partial charge >= 0.3 is 6.03 Å². The third-order valence-corrected chi connectivity index (χ3v) is 2.94. The monoisotopic (exact) mass is 240 g/mol. The highest BCUT2D eigenvalue weighted by Crippen LogP contribution is 2.16. The Kier molecular flexibility index (Phi) is 7.47. The van der Waals surface area contributed by atoms with Crippen LogP contribution < -0.4 is 10.6 Å². The van der Waals surface area contributed by atoms with E-state index in [1.165, 1.54) is 19.3 Å². The summed E-state index contributed by atoms with van der Waals surface area (Å²) in [4.78, 5) is 11.5. The van der Waals surface area contributed by atoms with Gasteiger partial charge in [-0.25, -0.2) is 4.79 Å². The summed E-state index contributed by atoms with van der Waals surface area (Å²) in [6, 6.07) is 0.301. The van der Waals surface area contributed by atoms with E-state index in [0.29, 0.717) is 25.8 Å². The number of amides is 2. The Morgan fingerprint density at radius 1 is 1.29 bits per heavy atom. The fraction of sp³-hybridized carbons (Fsp3) is 0.769. The molecule has 0 aliphatic heterocycles. The average molecular weight is 240 g/mol. The van der Waals surface area contributed by atoms with Crippen molar-refractivity contribution in [3.8, 4) is 0 Å². The number of hydrogen-bond donors (Lipinski definition) is 2. The van der Waals surface area contributed by atoms with Crippen LogP contribution in [0.5, 0.6) is 0 Å². The van der Waals surface area contributed by atoms with Crippen molar-refractivity contribution in [2.45, 2.75) is 44.6 Å². The lowest BCUT2D eigenvalue weighted by atomic mass is 9.96. The third-order valence-electron chi connectivity index (χ3n) is 2.94. The zero-order valence-corrected chi connectivity index (χ0v) is 10.5. The quantitative estimate of drug-likeness (QED) is 0.529. The molecular weight excluding hydrogens is 216 g/mol. The van der Waals surface area contributed by atoms with Crippen molar-refractivity contribution < 1.29 is 9.53 Å². The number of urea groups is 1. The van der Waals surface area contributed by atoms with Crippen molar-refractivity contribution in [1.82, 2.24) is 10.6 Å². The molecule has 98 valence electrons. The second kappa shape index (κ2) is 9.05. The zero-order chi connectivity index (χ0) is 12.3. The summed E-state index contributed by atoms with van der Waals surface area (Å²) in [5.74, 6) is 0. The van der Waals surface area contributed by atoms with Gasteiger partial charge in [0.2, 0.25) is 0 Å². The Morgan fingerprint density at radius 3 is 2.76 bits per heavy atom. The van der Waals surface area contributed by atoms with Gasteiger partial charge in [0, 0.05) is 12.6 Å². The smallest absolute Gasteiger partial charge is 0.315 e. The first-order valence-corrected chi connectivity index (χ1v) is 6.56. The van der Waals surface area contributed by atoms with Crippen molar-refractivity contribution in [3.63, 3.8) is 0 Å². The summed E-state index contributed by atoms with van der Waals surface area (Å²) in [7, 11) is 0. The Balaban J connectivity index is 1.95. The van der Waals surface area contributed by atoms with E-state index in [0.717, 1.165) is 19.3 Å². The molecule has 1 rings (SSSR count). The molecular formula is C13H24N2O2. The van der Waals surface area contributed by atoms with E-state index in [1.807, 2.05) is 6.08 Å². The molecule has 1 fully saturated rings. The molecule has 2 N–H and O–H groups in total. The summed E-state index contributed by atoms with van der Waals surface area (Å²) in [6.07, 6.45) is 8.67. The molecule has 0 spiro atoms. The predicted molar refractivity (Wildman–Crippen MR) is 69.0 cm³/mol. The lowest BCUT2D eigenvalue weighted by Crippen LogP contribution is -2.43. The number of carbonyl (C=O) groups excluding carboxylic acids is 1. The van der Waals surface area contributed by atoms with Gasteiger partial charge in [-0.2, -0.15) is 0 Å². The maximum Gasteiger partial charge on any atom is 0.315 e. The van der Waals surface area contributed by atoms with E-state index < -0.39 is 0 Å². The van der Waals surface area contributed by atoms with Gasteiger partial charge in [0.25, 0.3) is 0 Å². The normalized spacial score (nSPS) is 16.5. The van der Waals surface area contributed by atoms with Gasteiger partial charge in [0.1, 0.15) is 0 Å². The Bertz CT molecular complexity index is 225. The summed E-state index contributed by atoms with van der Waals surface area (Å²) in [5.41, 5.74) is 0. The summed E-state index contributed by atoms with van der Waals surface area (Å²) >= 11 is 0. The van der Waals surface area contributed by atoms with Crippen LogP contribution in [0.25, 0.3) is 0 Å². The van der Waals surface area contributed by atoms with Gasteiger partial charge in [-0.05, 0) is 19.3 Å². The fourth-order valence-corrected chi connectivity index (χ4v) is 1.99. The molecule has 0 aromatic rings. The number of ether oxygens (including phenoxy) is 1. The van der Waals surface area contributed by atoms with Crippen LogP contribution in [0.4, 0.5) is 4.79 Å². The molecule has 0 atom stereocenters. The summed E-state index contributed by atoms with van der Waals surface area (Å²) in [6.45, 7) is 5.41. The molecule has 17 heavy (non-hydrogen) atoms. The molecule has 0 saturated heterocycles. The minimum absolute atomic E-state index is 0.0655. The lowest BCUT2D eigenvalue weighted by molar-refractivity contribution is 0.140. The second-order valence-corrected chi connectivity index (χ2v) is 4.42. The molecule has 4 heteroatoms. The third kappa shape index (κ3) is 7.00. The zero-order valence-electron chi connectivity index (χ0n) is 10.5. The molecule has 0 radical (unpaired) electrons. The van der Waals surface area contributed by atoms with Crippen LogP contribution in [0.2, 0.25) is 0 Å². The SMILES string of the molecule is C=CCCOCCNC(=O)NC1CCCCC1. The summed E-state index contributed by atoms with van der Waals surface area (Å²) in [5, 5.41) is 5.81. The minimum atomic E-state index is -0.0655. The first-order chi connectivity index (χ1) is 8.33. The Morgan fingerprint density at radius 2 is 2.06 bits per heavy atom. The summed E-state index contributed by atoms with van der Waals surface area (Å²) < 4.78 is 5.30. The highest BCUT2D eigenvalue weighted by Gasteiger charge is 2.14. The molecule has 1 aliphatic carbocycles. The number of rotatable bonds is 7. The highest BCUT2D eigenvalue weighted by atomic mass is 16.5. The van der Waals surface area contributed by atoms with Crippen molar-refractivity contribution in [2.24, 2.45) is 0 Å². The van der Waals surface area contributed by atoms with Crippen LogP contribution >= 0.6 is 0 Å². The molecule has 4 nitrogen and oxygen atoms in total. The second-order valence-electron chi connectivity index (χ2n) is 4.42. The molecule has 0 aromatic carbocycles. The maximum absolute atomic E-state index is 11.5. The van der Waals surface area contributed by atoms with Gasteiger partial charge in [0.05, 0.1) is 13.2 Å². The van der Waals surface area contributed by atoms with E-state index in [4.69, 9.17) is 4.74 Å². The Hall–Kier alpha value is -1.03. The number of hydrogen-bond acceptors (Lipinski definition) is 2. The largest absolute Gasteiger partial charge is 0.379 e. The van der Waals surface area contributed by atoms with Crippen LogP contribution in [0, 0.1) is 0 Å². The number of nitrogens with one attached hydrogen (secondary N) is 2. The predicted octanol–water partition coefficient (Wildman–Crippen LogP) is 2.21. The van der Waals surface area contributed by atoms with Crippen molar-refractivity contribution in [3.05, 3.63) is 12.7 Å². The number of carbonyl (C=O) groups is 1. The highest BCUT2D eigenvalue weighted by molar-refractivity contribution is 5.74. The van der Waals surface area contributed by atoms with E-state index in [9.17, 15) is 4.79 Å². The molecule has 0 heterocycles. The first kappa shape index (κ1) is 14.0. The first-order valence-electron chi connectivity index (χ1n) is 6.56. The molecule has 1 saturated carbocycles. The van der Waals surface area contributed by atoms with Gasteiger partial charge < -0.3 is 15.4 Å². The average Bonchev–Trinajstić information content (AvgIpc) is 2.35. The van der Waals surface area contributed by atoms with Crippen molar-refractivity contribution in [1.29, 1.82) is 0 Å². The van der Waals surface area contributed by atoms with E-state index in [2.05, 4.69) is 17.2 Å². The fourth-order valence-electron chi connectivity index (χ4n) is 1.99. The van der Waals surface area contributed by atoms with Crippen LogP contribution in [0.3, 0.4) is 0 Å². The molecule has 0 aromatic heterocycles.